The van der Waals surface area contributed by atoms with E-state index in [1.807, 2.05) is 24.3 Å². The molecule has 1 aliphatic rings. The number of hydrogen-bond acceptors (Lipinski definition) is 6. The SMILES string of the molecule is NN=C(C=Nc1ccc(N2CCCN(C=O)CC2)cc1)CC=O. The van der Waals surface area contributed by atoms with E-state index in [0.29, 0.717) is 5.71 Å². The molecule has 0 unspecified atom stereocenters. The van der Waals surface area contributed by atoms with Crippen LogP contribution in [0.3, 0.4) is 0 Å². The van der Waals surface area contributed by atoms with E-state index in [2.05, 4.69) is 15.0 Å². The largest absolute Gasteiger partial charge is 0.370 e. The van der Waals surface area contributed by atoms with Crippen molar-refractivity contribution in [1.82, 2.24) is 4.90 Å². The second-order valence-corrected chi connectivity index (χ2v) is 5.25. The molecule has 7 nitrogen and oxygen atoms in total. The van der Waals surface area contributed by atoms with Crippen molar-refractivity contribution in [2.75, 3.05) is 31.1 Å². The summed E-state index contributed by atoms with van der Waals surface area (Å²) >= 11 is 0. The Labute approximate surface area is 135 Å². The van der Waals surface area contributed by atoms with E-state index >= 15 is 0 Å². The summed E-state index contributed by atoms with van der Waals surface area (Å²) in [6.07, 6.45) is 4.26. The van der Waals surface area contributed by atoms with Crippen LogP contribution in [0.15, 0.2) is 34.4 Å². The van der Waals surface area contributed by atoms with Gasteiger partial charge in [-0.15, -0.1) is 0 Å². The highest BCUT2D eigenvalue weighted by molar-refractivity contribution is 6.33. The van der Waals surface area contributed by atoms with Crippen LogP contribution in [-0.4, -0.2) is 55.7 Å². The number of aldehydes is 1. The maximum absolute atomic E-state index is 10.8. The quantitative estimate of drug-likeness (QED) is 0.366. The zero-order valence-electron chi connectivity index (χ0n) is 13.0. The predicted octanol–water partition coefficient (Wildman–Crippen LogP) is 0.961. The number of amides is 1. The van der Waals surface area contributed by atoms with Gasteiger partial charge in [-0.2, -0.15) is 5.10 Å². The van der Waals surface area contributed by atoms with Crippen LogP contribution < -0.4 is 10.7 Å². The van der Waals surface area contributed by atoms with Crippen molar-refractivity contribution in [1.29, 1.82) is 0 Å². The first-order valence-electron chi connectivity index (χ1n) is 7.55. The number of nitrogens with zero attached hydrogens (tertiary/aromatic N) is 4. The third kappa shape index (κ3) is 4.91. The van der Waals surface area contributed by atoms with Crippen molar-refractivity contribution in [3.05, 3.63) is 24.3 Å². The van der Waals surface area contributed by atoms with E-state index in [1.54, 1.807) is 4.90 Å². The predicted molar refractivity (Wildman–Crippen MR) is 91.4 cm³/mol. The molecule has 0 spiro atoms. The molecule has 1 aromatic carbocycles. The number of carbonyl (C=O) groups is 2. The summed E-state index contributed by atoms with van der Waals surface area (Å²) in [5, 5.41) is 3.50. The Morgan fingerprint density at radius 2 is 1.91 bits per heavy atom. The van der Waals surface area contributed by atoms with Crippen LogP contribution in [-0.2, 0) is 9.59 Å². The lowest BCUT2D eigenvalue weighted by Gasteiger charge is -2.22. The molecule has 1 aromatic rings. The number of anilines is 1. The summed E-state index contributed by atoms with van der Waals surface area (Å²) in [5.41, 5.74) is 2.31. The maximum Gasteiger partial charge on any atom is 0.209 e. The molecule has 1 saturated heterocycles. The fourth-order valence-corrected chi connectivity index (χ4v) is 2.42. The normalized spacial score (nSPS) is 16.4. The zero-order chi connectivity index (χ0) is 16.5. The topological polar surface area (TPSA) is 91.4 Å². The molecule has 2 N–H and O–H groups in total. The second-order valence-electron chi connectivity index (χ2n) is 5.25. The molecular weight excluding hydrogens is 294 g/mol. The number of carbonyl (C=O) groups excluding carboxylic acids is 2. The van der Waals surface area contributed by atoms with Gasteiger partial charge in [-0.3, -0.25) is 9.79 Å². The Balaban J connectivity index is 2.00. The highest BCUT2D eigenvalue weighted by Crippen LogP contribution is 2.20. The van der Waals surface area contributed by atoms with Crippen LogP contribution in [0.4, 0.5) is 11.4 Å². The summed E-state index contributed by atoms with van der Waals surface area (Å²) in [6, 6.07) is 7.82. The van der Waals surface area contributed by atoms with E-state index < -0.39 is 0 Å². The number of hydrogen-bond donors (Lipinski definition) is 1. The van der Waals surface area contributed by atoms with Crippen molar-refractivity contribution >= 4 is 36.0 Å². The van der Waals surface area contributed by atoms with Crippen molar-refractivity contribution < 1.29 is 9.59 Å². The Bertz CT molecular complexity index is 583. The van der Waals surface area contributed by atoms with Crippen LogP contribution in [0.2, 0.25) is 0 Å². The summed E-state index contributed by atoms with van der Waals surface area (Å²) in [6.45, 7) is 3.30. The first kappa shape index (κ1) is 16.7. The third-order valence-electron chi connectivity index (χ3n) is 3.72. The minimum absolute atomic E-state index is 0.152. The molecule has 1 amide bonds. The van der Waals surface area contributed by atoms with Crippen LogP contribution in [0.25, 0.3) is 0 Å². The molecule has 7 heteroatoms. The zero-order valence-corrected chi connectivity index (χ0v) is 13.0. The molecule has 0 saturated carbocycles. The Hall–Kier alpha value is -2.70. The molecule has 122 valence electrons. The number of nitrogens with two attached hydrogens (primary N) is 1. The van der Waals surface area contributed by atoms with Gasteiger partial charge in [0.2, 0.25) is 6.41 Å². The van der Waals surface area contributed by atoms with Gasteiger partial charge in [-0.25, -0.2) is 0 Å². The van der Waals surface area contributed by atoms with Crippen LogP contribution in [0.1, 0.15) is 12.8 Å². The lowest BCUT2D eigenvalue weighted by atomic mass is 10.2. The molecule has 0 atom stereocenters. The van der Waals surface area contributed by atoms with Crippen molar-refractivity contribution in [2.45, 2.75) is 12.8 Å². The van der Waals surface area contributed by atoms with Crippen molar-refractivity contribution in [2.24, 2.45) is 15.9 Å². The molecule has 0 aromatic heterocycles. The van der Waals surface area contributed by atoms with E-state index in [0.717, 1.165) is 56.7 Å². The van der Waals surface area contributed by atoms with Gasteiger partial charge in [0, 0.05) is 38.3 Å². The molecule has 1 fully saturated rings. The second kappa shape index (κ2) is 8.67. The average molecular weight is 315 g/mol. The molecule has 1 aliphatic heterocycles. The van der Waals surface area contributed by atoms with Gasteiger partial charge in [-0.05, 0) is 30.7 Å². The number of hydrazone groups is 1. The van der Waals surface area contributed by atoms with Gasteiger partial charge < -0.3 is 20.4 Å². The maximum atomic E-state index is 10.8. The van der Waals surface area contributed by atoms with Gasteiger partial charge in [0.25, 0.3) is 0 Å². The summed E-state index contributed by atoms with van der Waals surface area (Å²) in [7, 11) is 0. The summed E-state index contributed by atoms with van der Waals surface area (Å²) in [5.74, 6) is 5.18. The monoisotopic (exact) mass is 315 g/mol. The van der Waals surface area contributed by atoms with Gasteiger partial charge in [0.15, 0.2) is 0 Å². The number of rotatable bonds is 6. The third-order valence-corrected chi connectivity index (χ3v) is 3.72. The van der Waals surface area contributed by atoms with Gasteiger partial charge in [0.1, 0.15) is 6.29 Å². The first-order valence-corrected chi connectivity index (χ1v) is 7.55. The van der Waals surface area contributed by atoms with E-state index in [4.69, 9.17) is 5.84 Å². The smallest absolute Gasteiger partial charge is 0.209 e. The highest BCUT2D eigenvalue weighted by atomic mass is 16.1. The average Bonchev–Trinajstić information content (AvgIpc) is 2.84. The van der Waals surface area contributed by atoms with E-state index in [-0.39, 0.29) is 6.42 Å². The lowest BCUT2D eigenvalue weighted by molar-refractivity contribution is -0.117. The molecule has 0 aliphatic carbocycles. The molecule has 1 heterocycles. The lowest BCUT2D eigenvalue weighted by Crippen LogP contribution is -2.29. The standard InChI is InChI=1S/C16H21N5O2/c17-19-15(6-11-22)12-18-14-2-4-16(5-3-14)21-8-1-7-20(13-23)9-10-21/h2-5,11-13H,1,6-10,17H2. The van der Waals surface area contributed by atoms with Crippen LogP contribution >= 0.6 is 0 Å². The van der Waals surface area contributed by atoms with Gasteiger partial charge in [-0.1, -0.05) is 0 Å². The molecule has 0 radical (unpaired) electrons. The molecular formula is C16H21N5O2. The molecule has 2 rings (SSSR count). The Morgan fingerprint density at radius 3 is 2.57 bits per heavy atom. The van der Waals surface area contributed by atoms with Crippen LogP contribution in [0.5, 0.6) is 0 Å². The minimum atomic E-state index is 0.152. The first-order chi connectivity index (χ1) is 11.3. The van der Waals surface area contributed by atoms with Gasteiger partial charge in [0.05, 0.1) is 17.6 Å². The number of aliphatic imine (C=N–C) groups is 1. The minimum Gasteiger partial charge on any atom is -0.370 e. The van der Waals surface area contributed by atoms with Crippen molar-refractivity contribution in [3.8, 4) is 0 Å². The van der Waals surface area contributed by atoms with Crippen molar-refractivity contribution in [3.63, 3.8) is 0 Å². The fraction of sp³-hybridized carbons (Fsp3) is 0.375. The molecule has 23 heavy (non-hydrogen) atoms. The molecule has 0 bridgehead atoms. The number of benzene rings is 1. The van der Waals surface area contributed by atoms with Gasteiger partial charge >= 0.3 is 0 Å². The van der Waals surface area contributed by atoms with Crippen LogP contribution in [0, 0.1) is 0 Å². The summed E-state index contributed by atoms with van der Waals surface area (Å²) in [4.78, 5) is 29.6. The Kier molecular flexibility index (Phi) is 6.28. The summed E-state index contributed by atoms with van der Waals surface area (Å²) < 4.78 is 0. The highest BCUT2D eigenvalue weighted by Gasteiger charge is 2.13. The Morgan fingerprint density at radius 1 is 1.13 bits per heavy atom. The van der Waals surface area contributed by atoms with E-state index in [1.165, 1.54) is 6.21 Å². The van der Waals surface area contributed by atoms with E-state index in [9.17, 15) is 9.59 Å². The fourth-order valence-electron chi connectivity index (χ4n) is 2.42.